The van der Waals surface area contributed by atoms with Crippen LogP contribution in [0, 0.1) is 5.92 Å². The van der Waals surface area contributed by atoms with E-state index in [-0.39, 0.29) is 11.8 Å². The van der Waals surface area contributed by atoms with Crippen molar-refractivity contribution in [3.8, 4) is 5.75 Å². The summed E-state index contributed by atoms with van der Waals surface area (Å²) < 4.78 is 11.1. The summed E-state index contributed by atoms with van der Waals surface area (Å²) in [5.41, 5.74) is 2.06. The van der Waals surface area contributed by atoms with Crippen molar-refractivity contribution in [1.82, 2.24) is 14.8 Å². The van der Waals surface area contributed by atoms with Gasteiger partial charge >= 0.3 is 0 Å². The van der Waals surface area contributed by atoms with Gasteiger partial charge in [-0.2, -0.15) is 0 Å². The number of fused-ring (bicyclic) bond motifs is 5. The molecule has 1 aromatic heterocycles. The van der Waals surface area contributed by atoms with Gasteiger partial charge in [-0.3, -0.25) is 4.99 Å². The van der Waals surface area contributed by atoms with Crippen molar-refractivity contribution < 1.29 is 9.47 Å². The van der Waals surface area contributed by atoms with E-state index in [0.29, 0.717) is 0 Å². The highest BCUT2D eigenvalue weighted by Gasteiger charge is 2.36. The van der Waals surface area contributed by atoms with Gasteiger partial charge in [-0.15, -0.1) is 0 Å². The number of aliphatic imine (C=N–C) groups is 1. The van der Waals surface area contributed by atoms with Gasteiger partial charge in [-0.25, -0.2) is 4.98 Å². The lowest BCUT2D eigenvalue weighted by molar-refractivity contribution is 0.300. The van der Waals surface area contributed by atoms with Crippen molar-refractivity contribution in [2.45, 2.75) is 18.8 Å². The van der Waals surface area contributed by atoms with E-state index in [0.717, 1.165) is 84.3 Å². The van der Waals surface area contributed by atoms with Crippen LogP contribution in [-0.4, -0.2) is 89.2 Å². The predicted octanol–water partition coefficient (Wildman–Crippen LogP) is 4.18. The predicted molar refractivity (Wildman–Crippen MR) is 150 cm³/mol. The molecular formula is C28H40N6O2. The molecular weight excluding hydrogens is 452 g/mol. The zero-order valence-corrected chi connectivity index (χ0v) is 22.5. The Morgan fingerprint density at radius 3 is 2.50 bits per heavy atom. The second-order valence-corrected chi connectivity index (χ2v) is 9.95. The number of methoxy groups -OCH3 is 2. The van der Waals surface area contributed by atoms with E-state index in [1.165, 1.54) is 0 Å². The van der Waals surface area contributed by atoms with Crippen LogP contribution in [0.5, 0.6) is 5.75 Å². The highest BCUT2D eigenvalue weighted by atomic mass is 16.5. The lowest BCUT2D eigenvalue weighted by Crippen LogP contribution is -2.35. The summed E-state index contributed by atoms with van der Waals surface area (Å²) in [6.45, 7) is 3.64. The number of hydrogen-bond acceptors (Lipinski definition) is 7. The maximum absolute atomic E-state index is 5.57. The number of amidine groups is 1. The van der Waals surface area contributed by atoms with Crippen LogP contribution in [0.1, 0.15) is 24.5 Å². The molecule has 2 aromatic rings. The Morgan fingerprint density at radius 2 is 1.78 bits per heavy atom. The monoisotopic (exact) mass is 492 g/mol. The van der Waals surface area contributed by atoms with Gasteiger partial charge in [0, 0.05) is 29.8 Å². The molecule has 36 heavy (non-hydrogen) atoms. The van der Waals surface area contributed by atoms with Crippen LogP contribution in [0.2, 0.25) is 0 Å². The molecule has 0 radical (unpaired) electrons. The topological polar surface area (TPSA) is 74.2 Å². The van der Waals surface area contributed by atoms with Crippen molar-refractivity contribution in [3.63, 3.8) is 0 Å². The summed E-state index contributed by atoms with van der Waals surface area (Å²) in [5.74, 6) is 3.68. The van der Waals surface area contributed by atoms with Gasteiger partial charge in [0.15, 0.2) is 0 Å². The molecule has 1 aromatic carbocycles. The van der Waals surface area contributed by atoms with Crippen LogP contribution in [0.15, 0.2) is 47.2 Å². The Labute approximate surface area is 215 Å². The Kier molecular flexibility index (Phi) is 8.48. The van der Waals surface area contributed by atoms with Crippen LogP contribution in [-0.2, 0) is 4.74 Å². The quantitative estimate of drug-likeness (QED) is 0.456. The molecule has 0 fully saturated rings. The van der Waals surface area contributed by atoms with Crippen molar-refractivity contribution in [1.29, 1.82) is 0 Å². The average molecular weight is 493 g/mol. The smallest absolute Gasteiger partial charge is 0.134 e. The van der Waals surface area contributed by atoms with Gasteiger partial charge in [0.1, 0.15) is 23.2 Å². The number of pyridine rings is 1. The van der Waals surface area contributed by atoms with E-state index in [4.69, 9.17) is 19.5 Å². The van der Waals surface area contributed by atoms with E-state index in [2.05, 4.69) is 72.9 Å². The highest BCUT2D eigenvalue weighted by Crippen LogP contribution is 2.45. The lowest BCUT2D eigenvalue weighted by Gasteiger charge is -2.35. The second kappa shape index (κ2) is 11.8. The number of allylic oxidation sites excluding steroid dienone is 2. The van der Waals surface area contributed by atoms with Crippen LogP contribution < -0.4 is 15.4 Å². The molecule has 0 saturated heterocycles. The van der Waals surface area contributed by atoms with Gasteiger partial charge in [0.2, 0.25) is 0 Å². The van der Waals surface area contributed by atoms with E-state index < -0.39 is 0 Å². The molecule has 2 unspecified atom stereocenters. The average Bonchev–Trinajstić information content (AvgIpc) is 2.88. The Bertz CT molecular complexity index is 1150. The number of hydrogen-bond donors (Lipinski definition) is 2. The third kappa shape index (κ3) is 5.82. The number of benzene rings is 1. The summed E-state index contributed by atoms with van der Waals surface area (Å²) in [4.78, 5) is 14.6. The van der Waals surface area contributed by atoms with Crippen LogP contribution in [0.3, 0.4) is 0 Å². The molecule has 2 heterocycles. The third-order valence-electron chi connectivity index (χ3n) is 6.68. The summed E-state index contributed by atoms with van der Waals surface area (Å²) >= 11 is 0. The number of anilines is 2. The largest absolute Gasteiger partial charge is 0.497 e. The third-order valence-corrected chi connectivity index (χ3v) is 6.68. The SMILES string of the molecule is COC1=CC2C(=NCCCN(C)C)Nc3c(nc(NCCCN(C)C)c4cc(OC)ccc34)C2C=C1. The van der Waals surface area contributed by atoms with E-state index >= 15 is 0 Å². The number of rotatable bonds is 11. The molecule has 8 nitrogen and oxygen atoms in total. The van der Waals surface area contributed by atoms with Gasteiger partial charge in [-0.1, -0.05) is 6.08 Å². The Hall–Kier alpha value is -3.10. The van der Waals surface area contributed by atoms with Crippen molar-refractivity contribution in [3.05, 3.63) is 47.9 Å². The fourth-order valence-corrected chi connectivity index (χ4v) is 4.79. The lowest BCUT2D eigenvalue weighted by atomic mass is 9.80. The molecule has 2 atom stereocenters. The fraction of sp³-hybridized carbons (Fsp3) is 0.500. The minimum atomic E-state index is 0.0570. The fourth-order valence-electron chi connectivity index (χ4n) is 4.79. The van der Waals surface area contributed by atoms with Gasteiger partial charge < -0.3 is 29.9 Å². The summed E-state index contributed by atoms with van der Waals surface area (Å²) in [7, 11) is 11.8. The summed E-state index contributed by atoms with van der Waals surface area (Å²) in [6.07, 6.45) is 8.45. The number of ether oxygens (including phenoxy) is 2. The zero-order chi connectivity index (χ0) is 25.7. The van der Waals surface area contributed by atoms with Gasteiger partial charge in [-0.05, 0) is 84.5 Å². The molecule has 194 valence electrons. The number of nitrogens with zero attached hydrogens (tertiary/aromatic N) is 4. The number of nitrogens with one attached hydrogen (secondary N) is 2. The first-order chi connectivity index (χ1) is 17.4. The number of aromatic nitrogens is 1. The molecule has 0 saturated carbocycles. The molecule has 2 N–H and O–H groups in total. The molecule has 2 aliphatic rings. The molecule has 4 rings (SSSR count). The van der Waals surface area contributed by atoms with E-state index in [1.807, 2.05) is 12.1 Å². The molecule has 1 aliphatic heterocycles. The molecule has 1 aliphatic carbocycles. The van der Waals surface area contributed by atoms with Crippen molar-refractivity contribution >= 4 is 28.1 Å². The van der Waals surface area contributed by atoms with Crippen LogP contribution >= 0.6 is 0 Å². The van der Waals surface area contributed by atoms with Crippen molar-refractivity contribution in [2.75, 3.05) is 79.2 Å². The first kappa shape index (κ1) is 26.0. The highest BCUT2D eigenvalue weighted by molar-refractivity contribution is 6.11. The standard InChI is InChI=1S/C28H40N6O2/c1-33(2)15-7-13-29-27-23-17-19(35-5)9-11-21(23)26-25(31-27)22-12-10-20(36-6)18-24(22)28(32-26)30-14-8-16-34(3)4/h9-12,17-18,21,23H,7-8,13-16H2,1-6H3,(H,29,31)(H,30,32). The minimum Gasteiger partial charge on any atom is -0.497 e. The van der Waals surface area contributed by atoms with Gasteiger partial charge in [0.05, 0.1) is 31.5 Å². The van der Waals surface area contributed by atoms with Crippen molar-refractivity contribution in [2.24, 2.45) is 10.9 Å². The maximum atomic E-state index is 5.57. The molecule has 0 bridgehead atoms. The Morgan fingerprint density at radius 1 is 1.00 bits per heavy atom. The first-order valence-corrected chi connectivity index (χ1v) is 12.7. The Balaban J connectivity index is 1.75. The van der Waals surface area contributed by atoms with Crippen LogP contribution in [0.25, 0.3) is 10.8 Å². The maximum Gasteiger partial charge on any atom is 0.134 e. The second-order valence-electron chi connectivity index (χ2n) is 9.95. The summed E-state index contributed by atoms with van der Waals surface area (Å²) in [6, 6.07) is 6.21. The molecule has 8 heteroatoms. The van der Waals surface area contributed by atoms with E-state index in [1.54, 1.807) is 14.2 Å². The molecule has 0 amide bonds. The minimum absolute atomic E-state index is 0.0570. The normalized spacial score (nSPS) is 19.8. The molecule has 0 spiro atoms. The van der Waals surface area contributed by atoms with E-state index in [9.17, 15) is 0 Å². The summed E-state index contributed by atoms with van der Waals surface area (Å²) in [5, 5.41) is 9.45. The van der Waals surface area contributed by atoms with Crippen LogP contribution in [0.4, 0.5) is 11.5 Å². The van der Waals surface area contributed by atoms with Gasteiger partial charge in [0.25, 0.3) is 0 Å². The first-order valence-electron chi connectivity index (χ1n) is 12.7. The zero-order valence-electron chi connectivity index (χ0n) is 22.5.